The average Bonchev–Trinajstić information content (AvgIpc) is 2.41. The van der Waals surface area contributed by atoms with Gasteiger partial charge in [0.05, 0.1) is 22.3 Å². The summed E-state index contributed by atoms with van der Waals surface area (Å²) in [6.07, 6.45) is 1.55. The van der Waals surface area contributed by atoms with Crippen LogP contribution in [0.3, 0.4) is 0 Å². The number of anilines is 1. The first-order valence-electron chi connectivity index (χ1n) is 5.54. The van der Waals surface area contributed by atoms with Crippen molar-refractivity contribution in [2.75, 3.05) is 5.32 Å². The molecule has 0 aliphatic heterocycles. The standard InChI is InChI=1S/C14H10ClN3O/c1-9-3-2-6-17-13(9)14(19)18-12-7-10(8-16)4-5-11(12)15/h2-7H,1H3,(H,18,19). The molecule has 0 fully saturated rings. The topological polar surface area (TPSA) is 65.8 Å². The number of benzene rings is 1. The maximum atomic E-state index is 12.1. The van der Waals surface area contributed by atoms with E-state index >= 15 is 0 Å². The van der Waals surface area contributed by atoms with Crippen LogP contribution in [0.5, 0.6) is 0 Å². The molecule has 0 saturated heterocycles. The third-order valence-corrected chi connectivity index (χ3v) is 2.90. The van der Waals surface area contributed by atoms with Crippen LogP contribution in [0.15, 0.2) is 36.5 Å². The molecule has 2 rings (SSSR count). The number of amides is 1. The second-order valence-electron chi connectivity index (χ2n) is 3.93. The zero-order valence-electron chi connectivity index (χ0n) is 10.1. The van der Waals surface area contributed by atoms with E-state index in [1.807, 2.05) is 6.07 Å². The summed E-state index contributed by atoms with van der Waals surface area (Å²) < 4.78 is 0. The molecule has 1 N–H and O–H groups in total. The van der Waals surface area contributed by atoms with Gasteiger partial charge in [-0.25, -0.2) is 0 Å². The smallest absolute Gasteiger partial charge is 0.274 e. The van der Waals surface area contributed by atoms with Crippen molar-refractivity contribution in [2.24, 2.45) is 0 Å². The number of rotatable bonds is 2. The Morgan fingerprint density at radius 3 is 2.89 bits per heavy atom. The minimum absolute atomic E-state index is 0.334. The number of aryl methyl sites for hydroxylation is 1. The maximum Gasteiger partial charge on any atom is 0.274 e. The van der Waals surface area contributed by atoms with E-state index in [4.69, 9.17) is 16.9 Å². The molecular formula is C14H10ClN3O. The lowest BCUT2D eigenvalue weighted by Crippen LogP contribution is -2.15. The fourth-order valence-electron chi connectivity index (χ4n) is 1.60. The Morgan fingerprint density at radius 2 is 2.21 bits per heavy atom. The Morgan fingerprint density at radius 1 is 1.42 bits per heavy atom. The number of pyridine rings is 1. The molecule has 0 spiro atoms. The quantitative estimate of drug-likeness (QED) is 0.912. The number of carbonyl (C=O) groups excluding carboxylic acids is 1. The fraction of sp³-hybridized carbons (Fsp3) is 0.0714. The van der Waals surface area contributed by atoms with Crippen molar-refractivity contribution in [3.63, 3.8) is 0 Å². The molecular weight excluding hydrogens is 262 g/mol. The Kier molecular flexibility index (Phi) is 3.79. The van der Waals surface area contributed by atoms with E-state index in [1.54, 1.807) is 37.4 Å². The number of nitriles is 1. The van der Waals surface area contributed by atoms with E-state index in [9.17, 15) is 4.79 Å². The molecule has 1 aromatic heterocycles. The van der Waals surface area contributed by atoms with Gasteiger partial charge in [-0.05, 0) is 36.8 Å². The SMILES string of the molecule is Cc1cccnc1C(=O)Nc1cc(C#N)ccc1Cl. The molecule has 0 aliphatic carbocycles. The van der Waals surface area contributed by atoms with Crippen molar-refractivity contribution in [3.8, 4) is 6.07 Å². The zero-order chi connectivity index (χ0) is 13.8. The van der Waals surface area contributed by atoms with Crippen molar-refractivity contribution < 1.29 is 4.79 Å². The molecule has 1 aromatic carbocycles. The number of nitrogens with zero attached hydrogens (tertiary/aromatic N) is 2. The van der Waals surface area contributed by atoms with Gasteiger partial charge < -0.3 is 5.32 Å². The van der Waals surface area contributed by atoms with Gasteiger partial charge in [0.1, 0.15) is 5.69 Å². The van der Waals surface area contributed by atoms with E-state index in [1.165, 1.54) is 6.07 Å². The van der Waals surface area contributed by atoms with Crippen LogP contribution in [-0.2, 0) is 0 Å². The molecule has 0 bridgehead atoms. The molecule has 4 nitrogen and oxygen atoms in total. The first kappa shape index (κ1) is 13.1. The van der Waals surface area contributed by atoms with E-state index in [0.29, 0.717) is 22.0 Å². The Hall–Kier alpha value is -2.38. The predicted molar refractivity (Wildman–Crippen MR) is 73.1 cm³/mol. The van der Waals surface area contributed by atoms with Gasteiger partial charge in [-0.1, -0.05) is 17.7 Å². The van der Waals surface area contributed by atoms with E-state index in [2.05, 4.69) is 10.3 Å². The van der Waals surface area contributed by atoms with E-state index in [0.717, 1.165) is 5.56 Å². The molecule has 0 radical (unpaired) electrons. The van der Waals surface area contributed by atoms with Gasteiger partial charge in [0.2, 0.25) is 0 Å². The molecule has 5 heteroatoms. The van der Waals surface area contributed by atoms with Gasteiger partial charge >= 0.3 is 0 Å². The summed E-state index contributed by atoms with van der Waals surface area (Å²) in [7, 11) is 0. The summed E-state index contributed by atoms with van der Waals surface area (Å²) in [6.45, 7) is 1.80. The summed E-state index contributed by atoms with van der Waals surface area (Å²) in [5.41, 5.74) is 1.93. The fourth-order valence-corrected chi connectivity index (χ4v) is 1.76. The molecule has 19 heavy (non-hydrogen) atoms. The second-order valence-corrected chi connectivity index (χ2v) is 4.34. The highest BCUT2D eigenvalue weighted by molar-refractivity contribution is 6.34. The third kappa shape index (κ3) is 2.90. The van der Waals surface area contributed by atoms with Crippen molar-refractivity contribution in [3.05, 3.63) is 58.4 Å². The number of nitrogens with one attached hydrogen (secondary N) is 1. The Bertz CT molecular complexity index is 677. The second kappa shape index (κ2) is 5.51. The Balaban J connectivity index is 2.30. The highest BCUT2D eigenvalue weighted by Gasteiger charge is 2.12. The van der Waals surface area contributed by atoms with Crippen LogP contribution in [-0.4, -0.2) is 10.9 Å². The lowest BCUT2D eigenvalue weighted by Gasteiger charge is -2.08. The van der Waals surface area contributed by atoms with Gasteiger partial charge in [0, 0.05) is 6.20 Å². The van der Waals surface area contributed by atoms with Crippen molar-refractivity contribution in [1.29, 1.82) is 5.26 Å². The minimum Gasteiger partial charge on any atom is -0.319 e. The summed E-state index contributed by atoms with van der Waals surface area (Å²) >= 11 is 5.98. The van der Waals surface area contributed by atoms with Gasteiger partial charge in [0.15, 0.2) is 0 Å². The van der Waals surface area contributed by atoms with Crippen molar-refractivity contribution in [1.82, 2.24) is 4.98 Å². The maximum absolute atomic E-state index is 12.1. The number of hydrogen-bond acceptors (Lipinski definition) is 3. The monoisotopic (exact) mass is 271 g/mol. The summed E-state index contributed by atoms with van der Waals surface area (Å²) in [5, 5.41) is 11.9. The highest BCUT2D eigenvalue weighted by Crippen LogP contribution is 2.23. The predicted octanol–water partition coefficient (Wildman–Crippen LogP) is 3.17. The molecule has 1 amide bonds. The van der Waals surface area contributed by atoms with Crippen molar-refractivity contribution in [2.45, 2.75) is 6.92 Å². The van der Waals surface area contributed by atoms with Crippen LogP contribution in [0.25, 0.3) is 0 Å². The third-order valence-electron chi connectivity index (χ3n) is 2.57. The van der Waals surface area contributed by atoms with Crippen LogP contribution in [0.4, 0.5) is 5.69 Å². The largest absolute Gasteiger partial charge is 0.319 e. The van der Waals surface area contributed by atoms with Crippen LogP contribution in [0.1, 0.15) is 21.6 Å². The highest BCUT2D eigenvalue weighted by atomic mass is 35.5. The summed E-state index contributed by atoms with van der Waals surface area (Å²) in [6, 6.07) is 10.2. The number of aromatic nitrogens is 1. The Labute approximate surface area is 115 Å². The molecule has 2 aromatic rings. The zero-order valence-corrected chi connectivity index (χ0v) is 10.9. The van der Waals surface area contributed by atoms with E-state index in [-0.39, 0.29) is 5.91 Å². The summed E-state index contributed by atoms with van der Waals surface area (Å²) in [4.78, 5) is 16.1. The van der Waals surface area contributed by atoms with Crippen LogP contribution in [0.2, 0.25) is 5.02 Å². The van der Waals surface area contributed by atoms with Gasteiger partial charge in [-0.3, -0.25) is 9.78 Å². The van der Waals surface area contributed by atoms with Crippen LogP contribution in [0, 0.1) is 18.3 Å². The lowest BCUT2D eigenvalue weighted by atomic mass is 10.2. The number of hydrogen-bond donors (Lipinski definition) is 1. The number of halogens is 1. The lowest BCUT2D eigenvalue weighted by molar-refractivity contribution is 0.102. The number of carbonyl (C=O) groups is 1. The first-order valence-corrected chi connectivity index (χ1v) is 5.92. The molecule has 1 heterocycles. The molecule has 0 atom stereocenters. The normalized spacial score (nSPS) is 9.74. The molecule has 94 valence electrons. The summed E-state index contributed by atoms with van der Waals surface area (Å²) in [5.74, 6) is -0.352. The first-order chi connectivity index (χ1) is 9.11. The van der Waals surface area contributed by atoms with Crippen LogP contribution >= 0.6 is 11.6 Å². The van der Waals surface area contributed by atoms with E-state index < -0.39 is 0 Å². The van der Waals surface area contributed by atoms with Crippen molar-refractivity contribution >= 4 is 23.2 Å². The molecule has 0 saturated carbocycles. The van der Waals surface area contributed by atoms with Gasteiger partial charge in [0.25, 0.3) is 5.91 Å². The molecule has 0 unspecified atom stereocenters. The molecule has 0 aliphatic rings. The average molecular weight is 272 g/mol. The van der Waals surface area contributed by atoms with Gasteiger partial charge in [-0.2, -0.15) is 5.26 Å². The van der Waals surface area contributed by atoms with Gasteiger partial charge in [-0.15, -0.1) is 0 Å². The van der Waals surface area contributed by atoms with Crippen LogP contribution < -0.4 is 5.32 Å². The minimum atomic E-state index is -0.352.